The van der Waals surface area contributed by atoms with Gasteiger partial charge in [0.1, 0.15) is 11.5 Å². The molecule has 1 amide bonds. The number of ether oxygens (including phenoxy) is 2. The number of rotatable bonds is 12. The number of benzene rings is 3. The fourth-order valence-corrected chi connectivity index (χ4v) is 5.22. The highest BCUT2D eigenvalue weighted by Gasteiger charge is 2.23. The van der Waals surface area contributed by atoms with Crippen LogP contribution in [0.5, 0.6) is 11.5 Å². The Hall–Kier alpha value is -3.31. The summed E-state index contributed by atoms with van der Waals surface area (Å²) in [6, 6.07) is 24.0. The summed E-state index contributed by atoms with van der Waals surface area (Å²) >= 11 is 0. The lowest BCUT2D eigenvalue weighted by Gasteiger charge is -2.22. The van der Waals surface area contributed by atoms with Crippen LogP contribution in [0.3, 0.4) is 0 Å². The summed E-state index contributed by atoms with van der Waals surface area (Å²) in [7, 11) is 0. The molecule has 3 aromatic carbocycles. The first kappa shape index (κ1) is 29.7. The molecule has 5 heteroatoms. The van der Waals surface area contributed by atoms with Gasteiger partial charge in [0.2, 0.25) is 5.91 Å². The van der Waals surface area contributed by atoms with Crippen LogP contribution in [-0.4, -0.2) is 30.8 Å². The molecule has 0 saturated heterocycles. The molecule has 0 radical (unpaired) electrons. The number of hydrogen-bond acceptors (Lipinski definition) is 4. The molecule has 0 aromatic heterocycles. The Morgan fingerprint density at radius 3 is 2.12 bits per heavy atom. The lowest BCUT2D eigenvalue weighted by molar-refractivity contribution is -0.117. The smallest absolute Gasteiger partial charge is 0.232 e. The minimum Gasteiger partial charge on any atom is -0.494 e. The van der Waals surface area contributed by atoms with Gasteiger partial charge in [-0.1, -0.05) is 76.4 Å². The van der Waals surface area contributed by atoms with Crippen LogP contribution in [0.15, 0.2) is 72.8 Å². The highest BCUT2D eigenvalue weighted by Crippen LogP contribution is 2.29. The first-order valence-corrected chi connectivity index (χ1v) is 14.8. The molecule has 0 bridgehead atoms. The molecule has 0 aliphatic heterocycles. The summed E-state index contributed by atoms with van der Waals surface area (Å²) in [6.07, 6.45) is 7.64. The minimum absolute atomic E-state index is 0.0392. The van der Waals surface area contributed by atoms with Gasteiger partial charge in [-0.2, -0.15) is 0 Å². The number of amides is 1. The number of anilines is 1. The number of carbonyl (C=O) groups excluding carboxylic acids is 1. The topological polar surface area (TPSA) is 67.8 Å². The van der Waals surface area contributed by atoms with Crippen molar-refractivity contribution in [3.05, 3.63) is 89.5 Å². The van der Waals surface area contributed by atoms with Gasteiger partial charge in [0, 0.05) is 18.7 Å². The number of nitrogens with one attached hydrogen (secondary N) is 1. The van der Waals surface area contributed by atoms with E-state index in [1.807, 2.05) is 48.5 Å². The molecule has 4 rings (SSSR count). The molecule has 40 heavy (non-hydrogen) atoms. The van der Waals surface area contributed by atoms with E-state index in [1.165, 1.54) is 37.7 Å². The van der Waals surface area contributed by atoms with Crippen LogP contribution in [0, 0.1) is 5.92 Å². The van der Waals surface area contributed by atoms with Gasteiger partial charge in [0.25, 0.3) is 0 Å². The van der Waals surface area contributed by atoms with Crippen LogP contribution < -0.4 is 14.8 Å². The van der Waals surface area contributed by atoms with Crippen molar-refractivity contribution in [2.24, 2.45) is 5.92 Å². The Morgan fingerprint density at radius 1 is 0.875 bits per heavy atom. The van der Waals surface area contributed by atoms with E-state index >= 15 is 0 Å². The van der Waals surface area contributed by atoms with Crippen molar-refractivity contribution in [1.29, 1.82) is 0 Å². The highest BCUT2D eigenvalue weighted by atomic mass is 16.5. The molecule has 0 spiro atoms. The molecule has 0 heterocycles. The number of aliphatic hydroxyl groups excluding tert-OH is 1. The van der Waals surface area contributed by atoms with E-state index in [0.717, 1.165) is 34.9 Å². The van der Waals surface area contributed by atoms with E-state index in [9.17, 15) is 4.79 Å². The van der Waals surface area contributed by atoms with Gasteiger partial charge in [0.15, 0.2) is 0 Å². The van der Waals surface area contributed by atoms with E-state index in [2.05, 4.69) is 50.4 Å². The maximum absolute atomic E-state index is 13.7. The monoisotopic (exact) mass is 543 g/mol. The van der Waals surface area contributed by atoms with Crippen molar-refractivity contribution in [3.8, 4) is 11.5 Å². The largest absolute Gasteiger partial charge is 0.494 e. The first-order valence-electron chi connectivity index (χ1n) is 14.8. The normalized spacial score (nSPS) is 14.9. The van der Waals surface area contributed by atoms with Crippen LogP contribution in [0.25, 0.3) is 0 Å². The third-order valence-electron chi connectivity index (χ3n) is 7.76. The van der Waals surface area contributed by atoms with Crippen molar-refractivity contribution in [1.82, 2.24) is 0 Å². The molecular formula is C35H45NO4. The van der Waals surface area contributed by atoms with Crippen molar-refractivity contribution in [2.75, 3.05) is 25.1 Å². The van der Waals surface area contributed by atoms with Crippen molar-refractivity contribution >= 4 is 11.6 Å². The molecule has 3 aromatic rings. The number of aliphatic hydroxyl groups is 1. The Labute approximate surface area is 239 Å². The predicted molar refractivity (Wildman–Crippen MR) is 162 cm³/mol. The molecule has 2 N–H and O–H groups in total. The summed E-state index contributed by atoms with van der Waals surface area (Å²) in [5, 5.41) is 12.1. The zero-order chi connectivity index (χ0) is 28.4. The van der Waals surface area contributed by atoms with Crippen LogP contribution in [-0.2, 0) is 16.6 Å². The van der Waals surface area contributed by atoms with E-state index in [0.29, 0.717) is 25.4 Å². The van der Waals surface area contributed by atoms with E-state index in [-0.39, 0.29) is 23.8 Å². The van der Waals surface area contributed by atoms with Gasteiger partial charge in [-0.3, -0.25) is 4.79 Å². The molecule has 1 fully saturated rings. The SMILES string of the molecule is CC(C)(C)c1ccc(C(Cc2ccc(OCCCO)cc2)C(=O)Nc2ccc(OCC3CCCCC3)cc2)cc1. The Bertz CT molecular complexity index is 1170. The third kappa shape index (κ3) is 8.85. The average molecular weight is 544 g/mol. The fraction of sp³-hybridized carbons (Fsp3) is 0.457. The third-order valence-corrected chi connectivity index (χ3v) is 7.76. The fourth-order valence-electron chi connectivity index (χ4n) is 5.22. The maximum Gasteiger partial charge on any atom is 0.232 e. The summed E-state index contributed by atoms with van der Waals surface area (Å²) in [5.74, 6) is 1.87. The van der Waals surface area contributed by atoms with E-state index in [1.54, 1.807) is 0 Å². The van der Waals surface area contributed by atoms with Crippen LogP contribution in [0.2, 0.25) is 0 Å². The Balaban J connectivity index is 1.44. The van der Waals surface area contributed by atoms with Crippen molar-refractivity contribution < 1.29 is 19.4 Å². The zero-order valence-corrected chi connectivity index (χ0v) is 24.3. The lowest BCUT2D eigenvalue weighted by Crippen LogP contribution is -2.23. The van der Waals surface area contributed by atoms with Crippen LogP contribution in [0.1, 0.15) is 81.9 Å². The second-order valence-electron chi connectivity index (χ2n) is 12.0. The standard InChI is InChI=1S/C35H45NO4/c1-35(2,3)29-14-12-28(13-15-29)33(24-26-10-18-31(19-11-26)39-23-7-22-37)34(38)36-30-16-20-32(21-17-30)40-25-27-8-5-4-6-9-27/h10-21,27,33,37H,4-9,22-25H2,1-3H3,(H,36,38). The summed E-state index contributed by atoms with van der Waals surface area (Å²) in [5.41, 5.74) is 4.09. The second-order valence-corrected chi connectivity index (χ2v) is 12.0. The molecule has 1 atom stereocenters. The molecule has 214 valence electrons. The Kier molecular flexibility index (Phi) is 10.7. The van der Waals surface area contributed by atoms with Gasteiger partial charge < -0.3 is 19.9 Å². The highest BCUT2D eigenvalue weighted by molar-refractivity contribution is 5.96. The summed E-state index contributed by atoms with van der Waals surface area (Å²) < 4.78 is 11.7. The van der Waals surface area contributed by atoms with Gasteiger partial charge in [-0.15, -0.1) is 0 Å². The quantitative estimate of drug-likeness (QED) is 0.230. The predicted octanol–water partition coefficient (Wildman–Crippen LogP) is 7.67. The first-order chi connectivity index (χ1) is 19.3. The molecular weight excluding hydrogens is 498 g/mol. The van der Waals surface area contributed by atoms with Crippen molar-refractivity contribution in [2.45, 2.75) is 77.0 Å². The zero-order valence-electron chi connectivity index (χ0n) is 24.3. The van der Waals surface area contributed by atoms with Gasteiger partial charge in [-0.05, 0) is 83.7 Å². The second kappa shape index (κ2) is 14.4. The molecule has 5 nitrogen and oxygen atoms in total. The summed E-state index contributed by atoms with van der Waals surface area (Å²) in [6.45, 7) is 7.94. The van der Waals surface area contributed by atoms with Crippen LogP contribution in [0.4, 0.5) is 5.69 Å². The molecule has 1 unspecified atom stereocenters. The average Bonchev–Trinajstić information content (AvgIpc) is 2.96. The molecule has 1 aliphatic rings. The number of hydrogen-bond donors (Lipinski definition) is 2. The van der Waals surface area contributed by atoms with Crippen molar-refractivity contribution in [3.63, 3.8) is 0 Å². The van der Waals surface area contributed by atoms with Crippen LogP contribution >= 0.6 is 0 Å². The van der Waals surface area contributed by atoms with E-state index in [4.69, 9.17) is 14.6 Å². The summed E-state index contributed by atoms with van der Waals surface area (Å²) in [4.78, 5) is 13.7. The van der Waals surface area contributed by atoms with Gasteiger partial charge in [0.05, 0.1) is 19.1 Å². The Morgan fingerprint density at radius 2 is 1.50 bits per heavy atom. The van der Waals surface area contributed by atoms with Gasteiger partial charge >= 0.3 is 0 Å². The molecule has 1 saturated carbocycles. The minimum atomic E-state index is -0.350. The molecule has 1 aliphatic carbocycles. The van der Waals surface area contributed by atoms with E-state index < -0.39 is 0 Å². The number of carbonyl (C=O) groups is 1. The maximum atomic E-state index is 13.7. The van der Waals surface area contributed by atoms with Gasteiger partial charge in [-0.25, -0.2) is 0 Å². The lowest BCUT2D eigenvalue weighted by atomic mass is 9.84.